The van der Waals surface area contributed by atoms with E-state index in [1.165, 1.54) is 6.92 Å². The summed E-state index contributed by atoms with van der Waals surface area (Å²) >= 11 is 0. The molecule has 0 saturated carbocycles. The summed E-state index contributed by atoms with van der Waals surface area (Å²) in [6, 6.07) is 8.50. The Labute approximate surface area is 112 Å². The third kappa shape index (κ3) is 4.46. The van der Waals surface area contributed by atoms with E-state index in [1.54, 1.807) is 37.3 Å². The van der Waals surface area contributed by atoms with Gasteiger partial charge in [0.25, 0.3) is 0 Å². The summed E-state index contributed by atoms with van der Waals surface area (Å²) in [7, 11) is 0. The van der Waals surface area contributed by atoms with Crippen LogP contribution in [0.2, 0.25) is 0 Å². The number of carbonyl (C=O) groups is 2. The predicted octanol–water partition coefficient (Wildman–Crippen LogP) is 1.34. The zero-order valence-corrected chi connectivity index (χ0v) is 11.0. The van der Waals surface area contributed by atoms with Gasteiger partial charge < -0.3 is 19.5 Å². The molecule has 0 aliphatic carbocycles. The van der Waals surface area contributed by atoms with Crippen molar-refractivity contribution in [3.8, 4) is 0 Å². The largest absolute Gasteiger partial charge is 0.530 e. The van der Waals surface area contributed by atoms with Crippen LogP contribution in [0, 0.1) is 0 Å². The Hall–Kier alpha value is -2.30. The van der Waals surface area contributed by atoms with Gasteiger partial charge in [-0.1, -0.05) is 24.8 Å². The maximum Gasteiger partial charge on any atom is 0.333 e. The van der Waals surface area contributed by atoms with E-state index in [4.69, 9.17) is 4.74 Å². The van der Waals surface area contributed by atoms with E-state index in [0.717, 1.165) is 4.90 Å². The molecular formula is C14H16NO4-. The number of nitrogens with zero attached hydrogens (tertiary/aromatic N) is 1. The number of benzene rings is 1. The molecule has 0 aliphatic heterocycles. The first kappa shape index (κ1) is 14.8. The third-order valence-electron chi connectivity index (χ3n) is 2.38. The van der Waals surface area contributed by atoms with Crippen molar-refractivity contribution in [1.82, 2.24) is 0 Å². The molecule has 0 saturated heterocycles. The number of para-hydroxylation sites is 1. The average molecular weight is 262 g/mol. The van der Waals surface area contributed by atoms with Crippen LogP contribution in [0.15, 0.2) is 42.5 Å². The number of hydrogen-bond donors (Lipinski definition) is 0. The van der Waals surface area contributed by atoms with Crippen molar-refractivity contribution >= 4 is 17.7 Å². The molecule has 5 nitrogen and oxygen atoms in total. The Morgan fingerprint density at radius 2 is 1.95 bits per heavy atom. The van der Waals surface area contributed by atoms with Crippen LogP contribution >= 0.6 is 0 Å². The van der Waals surface area contributed by atoms with Crippen molar-refractivity contribution in [2.45, 2.75) is 20.0 Å². The molecule has 1 aromatic rings. The van der Waals surface area contributed by atoms with Crippen molar-refractivity contribution < 1.29 is 19.4 Å². The van der Waals surface area contributed by atoms with Crippen LogP contribution in [0.1, 0.15) is 13.8 Å². The zero-order valence-electron chi connectivity index (χ0n) is 11.0. The number of carboxylic acid groups (broad SMARTS) is 1. The Bertz CT molecular complexity index is 470. The molecular weight excluding hydrogens is 246 g/mol. The average Bonchev–Trinajstić information content (AvgIpc) is 2.36. The van der Waals surface area contributed by atoms with E-state index >= 15 is 0 Å². The quantitative estimate of drug-likeness (QED) is 0.593. The molecule has 0 aliphatic rings. The van der Waals surface area contributed by atoms with Gasteiger partial charge in [0.2, 0.25) is 0 Å². The summed E-state index contributed by atoms with van der Waals surface area (Å²) in [4.78, 5) is 23.5. The Morgan fingerprint density at radius 1 is 1.37 bits per heavy atom. The molecule has 0 fully saturated rings. The third-order valence-corrected chi connectivity index (χ3v) is 2.38. The summed E-state index contributed by atoms with van der Waals surface area (Å²) in [6.07, 6.45) is -1.94. The molecule has 0 aromatic heterocycles. The highest BCUT2D eigenvalue weighted by molar-refractivity contribution is 5.87. The summed E-state index contributed by atoms with van der Waals surface area (Å²) in [5.41, 5.74) is 0.743. The van der Waals surface area contributed by atoms with E-state index in [1.807, 2.05) is 0 Å². The van der Waals surface area contributed by atoms with E-state index in [0.29, 0.717) is 5.69 Å². The second-order valence-electron chi connectivity index (χ2n) is 4.21. The van der Waals surface area contributed by atoms with Crippen molar-refractivity contribution in [3.63, 3.8) is 0 Å². The van der Waals surface area contributed by atoms with Crippen LogP contribution in [0.5, 0.6) is 0 Å². The molecule has 0 bridgehead atoms. The van der Waals surface area contributed by atoms with Gasteiger partial charge in [0.1, 0.15) is 12.2 Å². The van der Waals surface area contributed by atoms with Crippen LogP contribution in [0.3, 0.4) is 0 Å². The molecule has 5 heteroatoms. The van der Waals surface area contributed by atoms with Crippen LogP contribution in [-0.2, 0) is 9.53 Å². The van der Waals surface area contributed by atoms with Gasteiger partial charge in [-0.3, -0.25) is 0 Å². The number of amides is 1. The van der Waals surface area contributed by atoms with Gasteiger partial charge in [-0.05, 0) is 26.0 Å². The lowest BCUT2D eigenvalue weighted by Gasteiger charge is -2.28. The van der Waals surface area contributed by atoms with Crippen molar-refractivity contribution in [1.29, 1.82) is 0 Å². The number of ether oxygens (including phenoxy) is 1. The minimum atomic E-state index is -1.34. The van der Waals surface area contributed by atoms with Gasteiger partial charge >= 0.3 is 5.97 Å². The molecule has 0 N–H and O–H groups in total. The molecule has 1 atom stereocenters. The number of anilines is 1. The smallest absolute Gasteiger partial charge is 0.333 e. The number of esters is 1. The molecule has 0 spiro atoms. The van der Waals surface area contributed by atoms with Crippen molar-refractivity contribution in [2.24, 2.45) is 0 Å². The van der Waals surface area contributed by atoms with E-state index < -0.39 is 18.2 Å². The topological polar surface area (TPSA) is 69.7 Å². The van der Waals surface area contributed by atoms with Crippen LogP contribution in [0.25, 0.3) is 0 Å². The first-order valence-corrected chi connectivity index (χ1v) is 5.82. The zero-order chi connectivity index (χ0) is 14.4. The predicted molar refractivity (Wildman–Crippen MR) is 69.6 cm³/mol. The second-order valence-corrected chi connectivity index (χ2v) is 4.21. The summed E-state index contributed by atoms with van der Waals surface area (Å²) in [5.74, 6) is -0.543. The molecule has 0 heterocycles. The fourth-order valence-electron chi connectivity index (χ4n) is 1.47. The fraction of sp³-hybridized carbons (Fsp3) is 0.286. The normalized spacial score (nSPS) is 11.5. The van der Waals surface area contributed by atoms with Crippen molar-refractivity contribution in [3.05, 3.63) is 42.5 Å². The minimum Gasteiger partial charge on any atom is -0.530 e. The van der Waals surface area contributed by atoms with Gasteiger partial charge in [0.15, 0.2) is 0 Å². The fourth-order valence-corrected chi connectivity index (χ4v) is 1.47. The first-order chi connectivity index (χ1) is 8.91. The molecule has 1 aromatic carbocycles. The minimum absolute atomic E-state index is 0.00532. The lowest BCUT2D eigenvalue weighted by atomic mass is 10.2. The van der Waals surface area contributed by atoms with Crippen LogP contribution in [0.4, 0.5) is 10.5 Å². The Kier molecular flexibility index (Phi) is 5.11. The molecule has 1 rings (SSSR count). The maximum atomic E-state index is 11.3. The van der Waals surface area contributed by atoms with E-state index in [2.05, 4.69) is 6.58 Å². The first-order valence-electron chi connectivity index (χ1n) is 5.82. The Morgan fingerprint density at radius 3 is 2.42 bits per heavy atom. The lowest BCUT2D eigenvalue weighted by Crippen LogP contribution is -2.45. The monoisotopic (exact) mass is 262 g/mol. The molecule has 102 valence electrons. The van der Waals surface area contributed by atoms with Crippen LogP contribution < -0.4 is 10.0 Å². The molecule has 1 amide bonds. The highest BCUT2D eigenvalue weighted by atomic mass is 16.5. The number of carbonyl (C=O) groups excluding carboxylic acids is 2. The highest BCUT2D eigenvalue weighted by Crippen LogP contribution is 2.14. The van der Waals surface area contributed by atoms with E-state index in [9.17, 15) is 14.7 Å². The number of hydrogen-bond acceptors (Lipinski definition) is 4. The summed E-state index contributed by atoms with van der Waals surface area (Å²) < 4.78 is 5.04. The maximum absolute atomic E-state index is 11.3. The second kappa shape index (κ2) is 6.58. The van der Waals surface area contributed by atoms with Crippen LogP contribution in [-0.4, -0.2) is 24.7 Å². The van der Waals surface area contributed by atoms with Crippen molar-refractivity contribution in [2.75, 3.05) is 11.4 Å². The Balaban J connectivity index is 2.73. The van der Waals surface area contributed by atoms with E-state index in [-0.39, 0.29) is 12.1 Å². The van der Waals surface area contributed by atoms with Gasteiger partial charge in [-0.25, -0.2) is 4.79 Å². The van der Waals surface area contributed by atoms with Gasteiger partial charge in [0.05, 0.1) is 6.54 Å². The summed E-state index contributed by atoms with van der Waals surface area (Å²) in [6.45, 7) is 6.61. The van der Waals surface area contributed by atoms with Gasteiger partial charge in [-0.2, -0.15) is 0 Å². The highest BCUT2D eigenvalue weighted by Gasteiger charge is 2.15. The number of rotatable bonds is 5. The molecule has 0 radical (unpaired) electrons. The standard InChI is InChI=1S/C14H17NO4/c1-10(2)13(16)19-11(3)9-15(14(17)18)12-7-5-4-6-8-12/h4-8,11H,1,9H2,2-3H3,(H,17,18)/p-1. The van der Waals surface area contributed by atoms with Gasteiger partial charge in [0, 0.05) is 11.3 Å². The summed E-state index contributed by atoms with van der Waals surface area (Å²) in [5, 5.41) is 11.1. The SMILES string of the molecule is C=C(C)C(=O)OC(C)CN(C(=O)[O-])c1ccccc1. The lowest BCUT2D eigenvalue weighted by molar-refractivity contribution is -0.246. The molecule has 1 unspecified atom stereocenters. The van der Waals surface area contributed by atoms with Gasteiger partial charge in [-0.15, -0.1) is 0 Å². The molecule has 19 heavy (non-hydrogen) atoms.